The Morgan fingerprint density at radius 2 is 1.80 bits per heavy atom. The Hall–Kier alpha value is -3.95. The third-order valence-corrected chi connectivity index (χ3v) is 8.47. The van der Waals surface area contributed by atoms with Gasteiger partial charge in [-0.25, -0.2) is 9.78 Å². The number of fused-ring (bicyclic) bond motifs is 1. The van der Waals surface area contributed by atoms with E-state index in [1.807, 2.05) is 60.7 Å². The zero-order valence-corrected chi connectivity index (χ0v) is 27.0. The SMILES string of the molecule is C=CC1=C(C(=O)[O-])N2C(=O)C(NC(=O)/C(=N\OCC(=O)OC(c3ccccc3)c3ccccc3)c3csc(N)n3)[C@H]2SC1.[Na+]. The van der Waals surface area contributed by atoms with E-state index in [1.165, 1.54) is 23.2 Å². The quantitative estimate of drug-likeness (QED) is 0.0813. The van der Waals surface area contributed by atoms with Crippen molar-refractivity contribution in [2.45, 2.75) is 17.5 Å². The van der Waals surface area contributed by atoms with Crippen LogP contribution in [0.2, 0.25) is 0 Å². The van der Waals surface area contributed by atoms with E-state index in [0.29, 0.717) is 5.57 Å². The maximum absolute atomic E-state index is 13.3. The molecule has 12 nitrogen and oxygen atoms in total. The number of anilines is 1. The minimum atomic E-state index is -1.51. The first kappa shape index (κ1) is 33.0. The molecule has 1 fully saturated rings. The molecule has 5 rings (SSSR count). The number of hydrogen-bond donors (Lipinski definition) is 2. The zero-order chi connectivity index (χ0) is 30.5. The zero-order valence-electron chi connectivity index (χ0n) is 23.4. The maximum Gasteiger partial charge on any atom is 1.00 e. The normalized spacial score (nSPS) is 17.6. The number of thioether (sulfide) groups is 1. The summed E-state index contributed by atoms with van der Waals surface area (Å²) in [6.45, 7) is 2.96. The Labute approximate surface area is 282 Å². The van der Waals surface area contributed by atoms with Crippen LogP contribution >= 0.6 is 23.1 Å². The van der Waals surface area contributed by atoms with E-state index in [-0.39, 0.29) is 57.5 Å². The van der Waals surface area contributed by atoms with Crippen LogP contribution < -0.4 is 45.7 Å². The number of β-lactam (4-membered cyclic amide) rings is 1. The van der Waals surface area contributed by atoms with Crippen molar-refractivity contribution in [3.8, 4) is 0 Å². The van der Waals surface area contributed by atoms with Crippen molar-refractivity contribution in [3.05, 3.63) is 107 Å². The molecule has 44 heavy (non-hydrogen) atoms. The predicted molar refractivity (Wildman–Crippen MR) is 157 cm³/mol. The van der Waals surface area contributed by atoms with Gasteiger partial charge >= 0.3 is 35.5 Å². The largest absolute Gasteiger partial charge is 1.00 e. The fraction of sp³-hybridized carbons (Fsp3) is 0.172. The summed E-state index contributed by atoms with van der Waals surface area (Å²) in [7, 11) is 0. The number of nitrogens with two attached hydrogens (primary N) is 1. The molecule has 2 aliphatic rings. The number of nitrogen functional groups attached to an aromatic ring is 1. The molecule has 1 aromatic heterocycles. The third-order valence-electron chi connectivity index (χ3n) is 6.50. The second kappa shape index (κ2) is 14.7. The number of rotatable bonds is 11. The van der Waals surface area contributed by atoms with E-state index in [1.54, 1.807) is 0 Å². The van der Waals surface area contributed by atoms with Crippen molar-refractivity contribution in [3.63, 3.8) is 0 Å². The summed E-state index contributed by atoms with van der Waals surface area (Å²) in [5.41, 5.74) is 7.04. The van der Waals surface area contributed by atoms with Crippen molar-refractivity contribution in [1.82, 2.24) is 15.2 Å². The van der Waals surface area contributed by atoms with Gasteiger partial charge in [-0.05, 0) is 16.7 Å². The van der Waals surface area contributed by atoms with Crippen LogP contribution in [0.4, 0.5) is 5.13 Å². The molecule has 0 bridgehead atoms. The number of carboxylic acids is 1. The number of hydrogen-bond acceptors (Lipinski definition) is 12. The fourth-order valence-corrected chi connectivity index (χ4v) is 6.39. The van der Waals surface area contributed by atoms with Gasteiger partial charge in [-0.2, -0.15) is 0 Å². The molecule has 3 heterocycles. The van der Waals surface area contributed by atoms with Gasteiger partial charge in [0.05, 0.1) is 11.7 Å². The Morgan fingerprint density at radius 3 is 2.34 bits per heavy atom. The van der Waals surface area contributed by atoms with E-state index < -0.39 is 47.9 Å². The summed E-state index contributed by atoms with van der Waals surface area (Å²) in [5, 5.41) is 19.0. The van der Waals surface area contributed by atoms with Crippen molar-refractivity contribution >= 4 is 57.7 Å². The molecular weight excluding hydrogens is 617 g/mol. The Morgan fingerprint density at radius 1 is 1.16 bits per heavy atom. The predicted octanol–water partition coefficient (Wildman–Crippen LogP) is -1.63. The molecule has 3 N–H and O–H groups in total. The van der Waals surface area contributed by atoms with Gasteiger partial charge in [0.15, 0.2) is 16.9 Å². The number of aliphatic carboxylic acids is 1. The second-order valence-electron chi connectivity index (χ2n) is 9.20. The van der Waals surface area contributed by atoms with Crippen LogP contribution in [0.3, 0.4) is 0 Å². The summed E-state index contributed by atoms with van der Waals surface area (Å²) < 4.78 is 5.70. The fourth-order valence-electron chi connectivity index (χ4n) is 4.50. The molecule has 2 aliphatic heterocycles. The summed E-state index contributed by atoms with van der Waals surface area (Å²) >= 11 is 2.31. The molecule has 2 amide bonds. The van der Waals surface area contributed by atoms with Crippen LogP contribution in [0.5, 0.6) is 0 Å². The molecular formula is C29H24N5NaO7S2. The second-order valence-corrected chi connectivity index (χ2v) is 11.2. The number of nitrogens with one attached hydrogen (secondary N) is 1. The summed E-state index contributed by atoms with van der Waals surface area (Å²) in [5.74, 6) is -3.48. The number of carboxylic acid groups (broad SMARTS) is 1. The number of ether oxygens (including phenoxy) is 1. The summed E-state index contributed by atoms with van der Waals surface area (Å²) in [6, 6.07) is 17.3. The van der Waals surface area contributed by atoms with E-state index in [2.05, 4.69) is 22.0 Å². The van der Waals surface area contributed by atoms with Crippen molar-refractivity contribution in [2.24, 2.45) is 5.16 Å². The minimum Gasteiger partial charge on any atom is -0.543 e. The first-order chi connectivity index (χ1) is 20.8. The van der Waals surface area contributed by atoms with E-state index in [0.717, 1.165) is 27.4 Å². The van der Waals surface area contributed by atoms with Gasteiger partial charge in [-0.3, -0.25) is 14.5 Å². The molecule has 220 valence electrons. The molecule has 0 aliphatic carbocycles. The van der Waals surface area contributed by atoms with Gasteiger partial charge in [-0.1, -0.05) is 78.5 Å². The van der Waals surface area contributed by atoms with Gasteiger partial charge in [0.25, 0.3) is 11.8 Å². The monoisotopic (exact) mass is 641 g/mol. The van der Waals surface area contributed by atoms with Crippen LogP contribution in [0.15, 0.2) is 95.1 Å². The summed E-state index contributed by atoms with van der Waals surface area (Å²) in [6.07, 6.45) is 0.653. The Bertz CT molecular complexity index is 1590. The van der Waals surface area contributed by atoms with Crippen LogP contribution in [0.25, 0.3) is 0 Å². The topological polar surface area (TPSA) is 176 Å². The standard InChI is InChI=1S/C29H25N5O7S2.Na/c1-2-16-14-42-27-22(26(37)34(27)23(16)28(38)39)32-25(36)21(19-15-43-29(30)31-19)33-40-13-20(35)41-24(17-9-5-3-6-10-17)18-11-7-4-8-12-18;/h2-12,15,22,24,27H,1,13-14H2,(H2,30,31)(H,32,36)(H,38,39);/q;+1/p-1/b33-21-;/t22?,27-;/m1./s1. The van der Waals surface area contributed by atoms with Gasteiger partial charge in [-0.15, -0.1) is 23.1 Å². The molecule has 0 spiro atoms. The average molecular weight is 642 g/mol. The van der Waals surface area contributed by atoms with Crippen LogP contribution in [0, 0.1) is 0 Å². The van der Waals surface area contributed by atoms with Crippen LogP contribution in [-0.4, -0.2) is 63.1 Å². The summed E-state index contributed by atoms with van der Waals surface area (Å²) in [4.78, 5) is 61.0. The number of carbonyl (C=O) groups is 4. The number of amides is 2. The third kappa shape index (κ3) is 7.05. The van der Waals surface area contributed by atoms with Gasteiger partial charge in [0, 0.05) is 11.1 Å². The Balaban J connectivity index is 0.00000442. The smallest absolute Gasteiger partial charge is 0.543 e. The van der Waals surface area contributed by atoms with Crippen LogP contribution in [0.1, 0.15) is 22.9 Å². The van der Waals surface area contributed by atoms with Crippen molar-refractivity contribution < 1.29 is 63.4 Å². The molecule has 15 heteroatoms. The number of thiazole rings is 1. The number of benzene rings is 2. The number of carbonyl (C=O) groups excluding carboxylic acids is 4. The van der Waals surface area contributed by atoms with E-state index in [9.17, 15) is 24.3 Å². The molecule has 0 saturated carbocycles. The van der Waals surface area contributed by atoms with Crippen molar-refractivity contribution in [1.29, 1.82) is 0 Å². The molecule has 1 unspecified atom stereocenters. The number of nitrogens with zero attached hydrogens (tertiary/aromatic N) is 3. The van der Waals surface area contributed by atoms with Gasteiger partial charge in [0.1, 0.15) is 17.1 Å². The number of oxime groups is 1. The van der Waals surface area contributed by atoms with E-state index in [4.69, 9.17) is 15.3 Å². The first-order valence-corrected chi connectivity index (χ1v) is 14.7. The molecule has 1 saturated heterocycles. The molecule has 2 aromatic carbocycles. The average Bonchev–Trinajstić information content (AvgIpc) is 3.46. The maximum atomic E-state index is 13.3. The number of allylic oxidation sites excluding steroid dienone is 1. The molecule has 2 atom stereocenters. The first-order valence-electron chi connectivity index (χ1n) is 12.8. The molecule has 0 radical (unpaired) electrons. The molecule has 3 aromatic rings. The van der Waals surface area contributed by atoms with Crippen LogP contribution in [-0.2, 0) is 28.8 Å². The van der Waals surface area contributed by atoms with Crippen molar-refractivity contribution in [2.75, 3.05) is 18.1 Å². The Kier molecular flexibility index (Phi) is 11.0. The van der Waals surface area contributed by atoms with Gasteiger partial charge in [0.2, 0.25) is 6.61 Å². The van der Waals surface area contributed by atoms with E-state index >= 15 is 0 Å². The number of esters is 1. The van der Waals surface area contributed by atoms with Gasteiger partial charge < -0.3 is 30.5 Å². The minimum absolute atomic E-state index is 0. The number of aromatic nitrogens is 1.